The second kappa shape index (κ2) is 6.62. The van der Waals surface area contributed by atoms with E-state index >= 15 is 0 Å². The average Bonchev–Trinajstić information content (AvgIpc) is 3.16. The van der Waals surface area contributed by atoms with E-state index in [0.29, 0.717) is 16.5 Å². The third kappa shape index (κ3) is 2.94. The zero-order valence-corrected chi connectivity index (χ0v) is 14.5. The predicted molar refractivity (Wildman–Crippen MR) is 98.3 cm³/mol. The zero-order chi connectivity index (χ0) is 18.1. The van der Waals surface area contributed by atoms with Crippen molar-refractivity contribution >= 4 is 22.6 Å². The zero-order valence-electron chi connectivity index (χ0n) is 14.5. The van der Waals surface area contributed by atoms with E-state index in [0.717, 1.165) is 31.7 Å². The van der Waals surface area contributed by atoms with Crippen molar-refractivity contribution < 1.29 is 4.79 Å². The minimum Gasteiger partial charge on any atom is -0.357 e. The lowest BCUT2D eigenvalue weighted by Crippen LogP contribution is -2.45. The topological polar surface area (TPSA) is 95.9 Å². The van der Waals surface area contributed by atoms with Gasteiger partial charge in [-0.3, -0.25) is 14.6 Å². The van der Waals surface area contributed by atoms with Gasteiger partial charge >= 0.3 is 0 Å². The number of carbonyl (C=O) groups is 1. The second-order valence-corrected chi connectivity index (χ2v) is 6.52. The number of amides is 1. The minimum atomic E-state index is -0.150. The first-order chi connectivity index (χ1) is 12.6. The molecule has 0 spiro atoms. The second-order valence-electron chi connectivity index (χ2n) is 6.52. The fraction of sp³-hybridized carbons (Fsp3) is 0.333. The maximum Gasteiger partial charge on any atom is 0.274 e. The highest BCUT2D eigenvalue weighted by Gasteiger charge is 2.23. The van der Waals surface area contributed by atoms with E-state index in [1.54, 1.807) is 44.1 Å². The Kier molecular flexibility index (Phi) is 4.16. The van der Waals surface area contributed by atoms with Gasteiger partial charge in [0.25, 0.3) is 11.5 Å². The molecule has 1 saturated heterocycles. The van der Waals surface area contributed by atoms with Gasteiger partial charge in [0.15, 0.2) is 0 Å². The maximum atomic E-state index is 12.8. The molecule has 3 aromatic rings. The van der Waals surface area contributed by atoms with E-state index in [2.05, 4.69) is 25.2 Å². The van der Waals surface area contributed by atoms with Crippen LogP contribution in [0.2, 0.25) is 0 Å². The number of nitrogens with zero attached hydrogens (tertiary/aromatic N) is 4. The summed E-state index contributed by atoms with van der Waals surface area (Å²) in [4.78, 5) is 38.4. The number of fused-ring (bicyclic) bond motifs is 1. The molecule has 4 heterocycles. The van der Waals surface area contributed by atoms with Gasteiger partial charge in [0.1, 0.15) is 11.3 Å². The Balaban J connectivity index is 1.46. The molecule has 1 amide bonds. The summed E-state index contributed by atoms with van der Waals surface area (Å²) >= 11 is 0. The lowest BCUT2D eigenvalue weighted by molar-refractivity contribution is 0.0932. The van der Waals surface area contributed by atoms with Crippen LogP contribution in [0.1, 0.15) is 23.2 Å². The largest absolute Gasteiger partial charge is 0.357 e. The van der Waals surface area contributed by atoms with Crippen LogP contribution in [0.5, 0.6) is 0 Å². The molecule has 0 unspecified atom stereocenters. The van der Waals surface area contributed by atoms with Gasteiger partial charge < -0.3 is 19.8 Å². The molecule has 2 N–H and O–H groups in total. The van der Waals surface area contributed by atoms with E-state index in [1.165, 1.54) is 4.57 Å². The van der Waals surface area contributed by atoms with Gasteiger partial charge in [0.2, 0.25) is 0 Å². The van der Waals surface area contributed by atoms with E-state index in [9.17, 15) is 9.59 Å². The maximum absolute atomic E-state index is 12.8. The number of pyridine rings is 1. The Morgan fingerprint density at radius 1 is 1.31 bits per heavy atom. The molecule has 0 saturated carbocycles. The molecule has 8 nitrogen and oxygen atoms in total. The van der Waals surface area contributed by atoms with Crippen molar-refractivity contribution in [2.24, 2.45) is 7.05 Å². The molecule has 0 atom stereocenters. The van der Waals surface area contributed by atoms with Gasteiger partial charge in [0.05, 0.1) is 11.8 Å². The standard InChI is InChI=1S/C18H20N6O2/c1-23-11-14(13-2-5-21-16(13)18(23)26)17(25)22-12-3-8-24(9-4-12)15-10-19-6-7-20-15/h2,5-7,10-12,21H,3-4,8-9H2,1H3,(H,22,25). The van der Waals surface area contributed by atoms with Gasteiger partial charge in [-0.05, 0) is 18.9 Å². The molecule has 0 aliphatic carbocycles. The van der Waals surface area contributed by atoms with Crippen molar-refractivity contribution in [3.63, 3.8) is 0 Å². The van der Waals surface area contributed by atoms with Crippen molar-refractivity contribution in [1.82, 2.24) is 24.8 Å². The molecule has 8 heteroatoms. The van der Waals surface area contributed by atoms with Crippen LogP contribution in [0.3, 0.4) is 0 Å². The Hall–Kier alpha value is -3.16. The van der Waals surface area contributed by atoms with Crippen LogP contribution in [0.25, 0.3) is 10.9 Å². The molecule has 0 radical (unpaired) electrons. The molecule has 4 rings (SSSR count). The van der Waals surface area contributed by atoms with Crippen LogP contribution < -0.4 is 15.8 Å². The number of piperidine rings is 1. The van der Waals surface area contributed by atoms with Crippen molar-refractivity contribution in [2.75, 3.05) is 18.0 Å². The van der Waals surface area contributed by atoms with Crippen LogP contribution in [0.15, 0.2) is 41.8 Å². The summed E-state index contributed by atoms with van der Waals surface area (Å²) in [6.45, 7) is 1.63. The number of aryl methyl sites for hydroxylation is 1. The normalized spacial score (nSPS) is 15.3. The Morgan fingerprint density at radius 2 is 2.12 bits per heavy atom. The van der Waals surface area contributed by atoms with Crippen LogP contribution in [0, 0.1) is 0 Å². The average molecular weight is 352 g/mol. The lowest BCUT2D eigenvalue weighted by Gasteiger charge is -2.32. The molecule has 0 aromatic carbocycles. The molecule has 0 bridgehead atoms. The first-order valence-corrected chi connectivity index (χ1v) is 8.62. The van der Waals surface area contributed by atoms with Crippen LogP contribution in [-0.2, 0) is 7.05 Å². The number of hydrogen-bond acceptors (Lipinski definition) is 5. The highest BCUT2D eigenvalue weighted by atomic mass is 16.2. The molecule has 3 aromatic heterocycles. The number of anilines is 1. The van der Waals surface area contributed by atoms with Gasteiger partial charge in [0, 0.05) is 56.4 Å². The summed E-state index contributed by atoms with van der Waals surface area (Å²) < 4.78 is 1.43. The number of rotatable bonds is 3. The number of H-pyrrole nitrogens is 1. The van der Waals surface area contributed by atoms with Crippen molar-refractivity contribution in [3.05, 3.63) is 53.0 Å². The molecule has 26 heavy (non-hydrogen) atoms. The first-order valence-electron chi connectivity index (χ1n) is 8.62. The van der Waals surface area contributed by atoms with Gasteiger partial charge in [-0.15, -0.1) is 0 Å². The highest BCUT2D eigenvalue weighted by molar-refractivity contribution is 6.06. The van der Waals surface area contributed by atoms with E-state index < -0.39 is 0 Å². The summed E-state index contributed by atoms with van der Waals surface area (Å²) in [5.74, 6) is 0.715. The molecule has 1 aliphatic heterocycles. The summed E-state index contributed by atoms with van der Waals surface area (Å²) in [6.07, 6.45) is 10.1. The number of hydrogen-bond donors (Lipinski definition) is 2. The third-order valence-corrected chi connectivity index (χ3v) is 4.84. The molecular weight excluding hydrogens is 332 g/mol. The minimum absolute atomic E-state index is 0.0987. The fourth-order valence-electron chi connectivity index (χ4n) is 3.42. The monoisotopic (exact) mass is 352 g/mol. The Bertz CT molecular complexity index is 986. The van der Waals surface area contributed by atoms with Crippen LogP contribution in [0.4, 0.5) is 5.82 Å². The van der Waals surface area contributed by atoms with Crippen LogP contribution >= 0.6 is 0 Å². The Morgan fingerprint density at radius 3 is 2.85 bits per heavy atom. The van der Waals surface area contributed by atoms with Crippen molar-refractivity contribution in [3.8, 4) is 0 Å². The SMILES string of the molecule is Cn1cc(C(=O)NC2CCN(c3cnccn3)CC2)c2cc[nH]c2c1=O. The van der Waals surface area contributed by atoms with Crippen molar-refractivity contribution in [1.29, 1.82) is 0 Å². The quantitative estimate of drug-likeness (QED) is 0.735. The van der Waals surface area contributed by atoms with Crippen LogP contribution in [-0.4, -0.2) is 44.6 Å². The summed E-state index contributed by atoms with van der Waals surface area (Å²) in [6, 6.07) is 1.86. The number of nitrogens with one attached hydrogen (secondary N) is 2. The van der Waals surface area contributed by atoms with Crippen molar-refractivity contribution in [2.45, 2.75) is 18.9 Å². The predicted octanol–water partition coefficient (Wildman–Crippen LogP) is 1.06. The molecular formula is C18H20N6O2. The van der Waals surface area contributed by atoms with E-state index in [1.807, 2.05) is 0 Å². The number of aromatic amines is 1. The third-order valence-electron chi connectivity index (χ3n) is 4.84. The molecule has 1 fully saturated rings. The number of aromatic nitrogens is 4. The fourth-order valence-corrected chi connectivity index (χ4v) is 3.42. The van der Waals surface area contributed by atoms with Gasteiger partial charge in [-0.25, -0.2) is 4.98 Å². The summed E-state index contributed by atoms with van der Waals surface area (Å²) in [5, 5.41) is 3.76. The first kappa shape index (κ1) is 16.3. The molecule has 134 valence electrons. The lowest BCUT2D eigenvalue weighted by atomic mass is 10.0. The summed E-state index contributed by atoms with van der Waals surface area (Å²) in [7, 11) is 1.65. The number of carbonyl (C=O) groups excluding carboxylic acids is 1. The van der Waals surface area contributed by atoms with Gasteiger partial charge in [-0.2, -0.15) is 0 Å². The highest BCUT2D eigenvalue weighted by Crippen LogP contribution is 2.18. The van der Waals surface area contributed by atoms with E-state index in [-0.39, 0.29) is 17.5 Å². The summed E-state index contributed by atoms with van der Waals surface area (Å²) in [5.41, 5.74) is 0.830. The Labute approximate surface area is 149 Å². The molecule has 1 aliphatic rings. The van der Waals surface area contributed by atoms with Gasteiger partial charge in [-0.1, -0.05) is 0 Å². The van der Waals surface area contributed by atoms with E-state index in [4.69, 9.17) is 0 Å². The smallest absolute Gasteiger partial charge is 0.274 e.